The molecule has 1 amide bonds. The minimum atomic E-state index is 0.226. The number of hydrogen-bond donors (Lipinski definition) is 0. The first-order valence-electron chi connectivity index (χ1n) is 8.55. The minimum absolute atomic E-state index is 0.226. The van der Waals surface area contributed by atoms with Crippen LogP contribution < -0.4 is 0 Å². The number of aromatic nitrogens is 2. The first-order chi connectivity index (χ1) is 11.2. The van der Waals surface area contributed by atoms with Crippen LogP contribution in [0.3, 0.4) is 0 Å². The Morgan fingerprint density at radius 2 is 2.09 bits per heavy atom. The summed E-state index contributed by atoms with van der Waals surface area (Å²) < 4.78 is 1.94. The van der Waals surface area contributed by atoms with Crippen LogP contribution in [-0.2, 0) is 17.8 Å². The van der Waals surface area contributed by atoms with Crippen molar-refractivity contribution in [3.8, 4) is 0 Å². The number of piperidine rings is 1. The maximum Gasteiger partial charge on any atom is 0.242 e. The van der Waals surface area contributed by atoms with Crippen LogP contribution in [0.15, 0.2) is 42.7 Å². The zero-order valence-corrected chi connectivity index (χ0v) is 13.8. The highest BCUT2D eigenvalue weighted by molar-refractivity contribution is 5.76. The van der Waals surface area contributed by atoms with Crippen LogP contribution in [-0.4, -0.2) is 32.9 Å². The molecule has 4 nitrogen and oxygen atoms in total. The molecule has 1 aliphatic rings. The van der Waals surface area contributed by atoms with Crippen molar-refractivity contribution < 1.29 is 4.79 Å². The van der Waals surface area contributed by atoms with E-state index in [0.717, 1.165) is 38.1 Å². The number of carbonyl (C=O) groups excluding carboxylic acids is 1. The molecule has 1 saturated heterocycles. The largest absolute Gasteiger partial charge is 0.338 e. The third-order valence-electron chi connectivity index (χ3n) is 4.79. The van der Waals surface area contributed by atoms with Crippen molar-refractivity contribution in [1.82, 2.24) is 14.5 Å². The average molecular weight is 311 g/mol. The van der Waals surface area contributed by atoms with Gasteiger partial charge in [-0.1, -0.05) is 30.3 Å². The molecule has 1 atom stereocenters. The predicted octanol–water partition coefficient (Wildman–Crippen LogP) is 3.21. The molecule has 1 unspecified atom stereocenters. The van der Waals surface area contributed by atoms with Crippen molar-refractivity contribution in [2.24, 2.45) is 0 Å². The van der Waals surface area contributed by atoms with Gasteiger partial charge in [-0.2, -0.15) is 0 Å². The molecule has 0 saturated carbocycles. The summed E-state index contributed by atoms with van der Waals surface area (Å²) in [5.41, 5.74) is 1.36. The fourth-order valence-corrected chi connectivity index (χ4v) is 3.41. The Labute approximate surface area is 138 Å². The second-order valence-electron chi connectivity index (χ2n) is 6.36. The molecule has 1 aromatic heterocycles. The molecular formula is C19H25N3O. The van der Waals surface area contributed by atoms with Gasteiger partial charge in [0, 0.05) is 25.0 Å². The fourth-order valence-electron chi connectivity index (χ4n) is 3.41. The Morgan fingerprint density at radius 1 is 1.26 bits per heavy atom. The third-order valence-corrected chi connectivity index (χ3v) is 4.79. The second kappa shape index (κ2) is 7.44. The smallest absolute Gasteiger partial charge is 0.242 e. The van der Waals surface area contributed by atoms with Gasteiger partial charge in [-0.05, 0) is 44.6 Å². The lowest BCUT2D eigenvalue weighted by Gasteiger charge is -2.36. The van der Waals surface area contributed by atoms with Crippen molar-refractivity contribution in [2.75, 3.05) is 6.54 Å². The molecule has 2 heterocycles. The van der Waals surface area contributed by atoms with Crippen molar-refractivity contribution in [1.29, 1.82) is 0 Å². The number of likely N-dealkylation sites (tertiary alicyclic amines) is 1. The van der Waals surface area contributed by atoms with Gasteiger partial charge in [0.25, 0.3) is 0 Å². The van der Waals surface area contributed by atoms with E-state index in [9.17, 15) is 4.79 Å². The number of carbonyl (C=O) groups is 1. The molecule has 122 valence electrons. The lowest BCUT2D eigenvalue weighted by molar-refractivity contribution is -0.135. The monoisotopic (exact) mass is 311 g/mol. The molecule has 1 aliphatic heterocycles. The molecule has 0 spiro atoms. The van der Waals surface area contributed by atoms with E-state index in [4.69, 9.17) is 0 Å². The molecule has 23 heavy (non-hydrogen) atoms. The molecule has 1 aromatic carbocycles. The van der Waals surface area contributed by atoms with E-state index >= 15 is 0 Å². The highest BCUT2D eigenvalue weighted by atomic mass is 16.2. The van der Waals surface area contributed by atoms with Gasteiger partial charge in [0.05, 0.1) is 0 Å². The summed E-state index contributed by atoms with van der Waals surface area (Å²) in [6, 6.07) is 10.9. The predicted molar refractivity (Wildman–Crippen MR) is 91.1 cm³/mol. The molecule has 0 N–H and O–H groups in total. The molecule has 0 aliphatic carbocycles. The number of nitrogens with zero attached hydrogens (tertiary/aromatic N) is 3. The third kappa shape index (κ3) is 4.01. The van der Waals surface area contributed by atoms with Crippen molar-refractivity contribution in [2.45, 2.75) is 51.6 Å². The summed E-state index contributed by atoms with van der Waals surface area (Å²) in [5, 5.41) is 0. The topological polar surface area (TPSA) is 38.1 Å². The number of aryl methyl sites for hydroxylation is 2. The van der Waals surface area contributed by atoms with Gasteiger partial charge in [0.2, 0.25) is 5.91 Å². The molecule has 3 rings (SSSR count). The maximum atomic E-state index is 12.7. The standard InChI is InChI=1S/C19H25N3O/c1-16-20-12-14-21(16)15-19(23)22-13-6-5-9-18(22)11-10-17-7-3-2-4-8-17/h2-4,7-8,12,14,18H,5-6,9-11,13,15H2,1H3. The summed E-state index contributed by atoms with van der Waals surface area (Å²) in [6.07, 6.45) is 9.21. The summed E-state index contributed by atoms with van der Waals surface area (Å²) in [7, 11) is 0. The van der Waals surface area contributed by atoms with Crippen LogP contribution in [0.5, 0.6) is 0 Å². The van der Waals surface area contributed by atoms with Gasteiger partial charge in [-0.15, -0.1) is 0 Å². The number of imidazole rings is 1. The Hall–Kier alpha value is -2.10. The van der Waals surface area contributed by atoms with E-state index in [2.05, 4.69) is 34.1 Å². The van der Waals surface area contributed by atoms with Crippen molar-refractivity contribution in [3.63, 3.8) is 0 Å². The SMILES string of the molecule is Cc1nccn1CC(=O)N1CCCCC1CCc1ccccc1. The fraction of sp³-hybridized carbons (Fsp3) is 0.474. The maximum absolute atomic E-state index is 12.7. The van der Waals surface area contributed by atoms with Gasteiger partial charge < -0.3 is 9.47 Å². The van der Waals surface area contributed by atoms with Gasteiger partial charge in [0.15, 0.2) is 0 Å². The van der Waals surface area contributed by atoms with Gasteiger partial charge >= 0.3 is 0 Å². The molecule has 1 fully saturated rings. The molecule has 2 aromatic rings. The lowest BCUT2D eigenvalue weighted by Crippen LogP contribution is -2.45. The summed E-state index contributed by atoms with van der Waals surface area (Å²) >= 11 is 0. The zero-order valence-electron chi connectivity index (χ0n) is 13.8. The molecule has 0 radical (unpaired) electrons. The Kier molecular flexibility index (Phi) is 5.11. The minimum Gasteiger partial charge on any atom is -0.338 e. The first-order valence-corrected chi connectivity index (χ1v) is 8.55. The van der Waals surface area contributed by atoms with Gasteiger partial charge in [-0.25, -0.2) is 4.98 Å². The Bertz CT molecular complexity index is 635. The molecular weight excluding hydrogens is 286 g/mol. The quantitative estimate of drug-likeness (QED) is 0.850. The molecule has 0 bridgehead atoms. The second-order valence-corrected chi connectivity index (χ2v) is 6.36. The Balaban J connectivity index is 1.61. The first kappa shape index (κ1) is 15.8. The number of hydrogen-bond acceptors (Lipinski definition) is 2. The van der Waals surface area contributed by atoms with E-state index in [-0.39, 0.29) is 5.91 Å². The van der Waals surface area contributed by atoms with Gasteiger partial charge in [-0.3, -0.25) is 4.79 Å². The van der Waals surface area contributed by atoms with Crippen molar-refractivity contribution >= 4 is 5.91 Å². The van der Waals surface area contributed by atoms with Crippen LogP contribution in [0.2, 0.25) is 0 Å². The number of rotatable bonds is 5. The zero-order chi connectivity index (χ0) is 16.1. The summed E-state index contributed by atoms with van der Waals surface area (Å²) in [6.45, 7) is 3.25. The van der Waals surface area contributed by atoms with Crippen LogP contribution in [0.4, 0.5) is 0 Å². The number of benzene rings is 1. The van der Waals surface area contributed by atoms with E-state index in [0.29, 0.717) is 12.6 Å². The van der Waals surface area contributed by atoms with E-state index < -0.39 is 0 Å². The summed E-state index contributed by atoms with van der Waals surface area (Å²) in [4.78, 5) is 19.0. The molecule has 4 heteroatoms. The van der Waals surface area contributed by atoms with E-state index in [1.54, 1.807) is 6.20 Å². The average Bonchev–Trinajstić information content (AvgIpc) is 2.99. The summed E-state index contributed by atoms with van der Waals surface area (Å²) in [5.74, 6) is 1.13. The lowest BCUT2D eigenvalue weighted by atomic mass is 9.95. The van der Waals surface area contributed by atoms with E-state index in [1.165, 1.54) is 12.0 Å². The number of amides is 1. The van der Waals surface area contributed by atoms with Crippen LogP contribution in [0.1, 0.15) is 37.1 Å². The normalized spacial score (nSPS) is 18.1. The van der Waals surface area contributed by atoms with E-state index in [1.807, 2.05) is 23.8 Å². The highest BCUT2D eigenvalue weighted by Gasteiger charge is 2.26. The van der Waals surface area contributed by atoms with Crippen LogP contribution >= 0.6 is 0 Å². The highest BCUT2D eigenvalue weighted by Crippen LogP contribution is 2.22. The van der Waals surface area contributed by atoms with Gasteiger partial charge in [0.1, 0.15) is 12.4 Å². The van der Waals surface area contributed by atoms with Crippen LogP contribution in [0, 0.1) is 6.92 Å². The Morgan fingerprint density at radius 3 is 2.83 bits per heavy atom. The van der Waals surface area contributed by atoms with Crippen LogP contribution in [0.25, 0.3) is 0 Å². The van der Waals surface area contributed by atoms with Crippen molar-refractivity contribution in [3.05, 3.63) is 54.1 Å².